The molecule has 0 aliphatic rings. The van der Waals surface area contributed by atoms with Crippen LogP contribution in [-0.2, 0) is 9.84 Å². The second-order valence-corrected chi connectivity index (χ2v) is 4.69. The molecular formula is C10H9NO4S. The summed E-state index contributed by atoms with van der Waals surface area (Å²) in [7, 11) is -3.54. The van der Waals surface area contributed by atoms with Crippen molar-refractivity contribution >= 4 is 15.5 Å². The third kappa shape index (κ3) is 2.77. The van der Waals surface area contributed by atoms with Crippen LogP contribution in [0, 0.1) is 10.1 Å². The Labute approximate surface area is 92.8 Å². The predicted octanol–water partition coefficient (Wildman–Crippen LogP) is 2.07. The standard InChI is InChI=1S/C10H9NO4S/c1-2-3-8-16(14,15)10-6-4-9(5-7-10)11(12)13/h2-8H,1H2. The van der Waals surface area contributed by atoms with E-state index in [-0.39, 0.29) is 10.6 Å². The molecule has 0 heterocycles. The van der Waals surface area contributed by atoms with Crippen LogP contribution >= 0.6 is 0 Å². The number of benzene rings is 1. The monoisotopic (exact) mass is 239 g/mol. The molecule has 16 heavy (non-hydrogen) atoms. The van der Waals surface area contributed by atoms with Crippen molar-refractivity contribution in [1.29, 1.82) is 0 Å². The number of rotatable bonds is 4. The largest absolute Gasteiger partial charge is 0.269 e. The minimum atomic E-state index is -3.54. The molecule has 0 unspecified atom stereocenters. The van der Waals surface area contributed by atoms with Gasteiger partial charge < -0.3 is 0 Å². The summed E-state index contributed by atoms with van der Waals surface area (Å²) in [5, 5.41) is 11.4. The second kappa shape index (κ2) is 4.71. The fourth-order valence-corrected chi connectivity index (χ4v) is 1.99. The summed E-state index contributed by atoms with van der Waals surface area (Å²) in [6.07, 6.45) is 2.62. The fourth-order valence-electron chi connectivity index (χ4n) is 0.995. The molecule has 1 aromatic carbocycles. The maximum Gasteiger partial charge on any atom is 0.269 e. The van der Waals surface area contributed by atoms with Crippen LogP contribution in [0.4, 0.5) is 5.69 Å². The van der Waals surface area contributed by atoms with Gasteiger partial charge in [0.2, 0.25) is 0 Å². The number of sulfone groups is 1. The zero-order valence-corrected chi connectivity index (χ0v) is 9.05. The Kier molecular flexibility index (Phi) is 3.57. The van der Waals surface area contributed by atoms with Gasteiger partial charge in [-0.15, -0.1) is 0 Å². The molecule has 0 fully saturated rings. The lowest BCUT2D eigenvalue weighted by Gasteiger charge is -1.97. The van der Waals surface area contributed by atoms with Gasteiger partial charge in [-0.1, -0.05) is 18.7 Å². The van der Waals surface area contributed by atoms with Crippen LogP contribution < -0.4 is 0 Å². The summed E-state index contributed by atoms with van der Waals surface area (Å²) in [5.41, 5.74) is -0.147. The maximum absolute atomic E-state index is 11.6. The quantitative estimate of drug-likeness (QED) is 0.457. The van der Waals surface area contributed by atoms with Crippen molar-refractivity contribution in [2.75, 3.05) is 0 Å². The molecule has 84 valence electrons. The molecule has 0 bridgehead atoms. The topological polar surface area (TPSA) is 77.3 Å². The first-order chi connectivity index (χ1) is 7.47. The average Bonchev–Trinajstić information content (AvgIpc) is 2.26. The molecule has 0 spiro atoms. The number of non-ortho nitro benzene ring substituents is 1. The van der Waals surface area contributed by atoms with Gasteiger partial charge in [0.05, 0.1) is 9.82 Å². The molecule has 6 heteroatoms. The molecule has 0 radical (unpaired) electrons. The molecule has 0 aliphatic carbocycles. The number of hydrogen-bond donors (Lipinski definition) is 0. The van der Waals surface area contributed by atoms with Crippen LogP contribution in [0.3, 0.4) is 0 Å². The predicted molar refractivity (Wildman–Crippen MR) is 59.6 cm³/mol. The summed E-state index contributed by atoms with van der Waals surface area (Å²) < 4.78 is 23.1. The average molecular weight is 239 g/mol. The summed E-state index contributed by atoms with van der Waals surface area (Å²) >= 11 is 0. The summed E-state index contributed by atoms with van der Waals surface area (Å²) in [6.45, 7) is 3.35. The van der Waals surface area contributed by atoms with E-state index in [4.69, 9.17) is 0 Å². The van der Waals surface area contributed by atoms with Crippen LogP contribution in [0.2, 0.25) is 0 Å². The normalized spacial score (nSPS) is 11.5. The first-order valence-electron chi connectivity index (χ1n) is 4.26. The Bertz CT molecular complexity index is 528. The van der Waals surface area contributed by atoms with Gasteiger partial charge in [0.25, 0.3) is 5.69 Å². The number of nitro groups is 1. The Morgan fingerprint density at radius 3 is 2.25 bits per heavy atom. The lowest BCUT2D eigenvalue weighted by atomic mass is 10.3. The van der Waals surface area contributed by atoms with Crippen LogP contribution in [0.5, 0.6) is 0 Å². The zero-order valence-electron chi connectivity index (χ0n) is 8.24. The molecule has 0 aromatic heterocycles. The molecule has 0 N–H and O–H groups in total. The summed E-state index contributed by atoms with van der Waals surface area (Å²) in [4.78, 5) is 9.79. The molecule has 0 amide bonds. The number of nitro benzene ring substituents is 1. The maximum atomic E-state index is 11.6. The zero-order chi connectivity index (χ0) is 12.2. The van der Waals surface area contributed by atoms with E-state index in [1.807, 2.05) is 0 Å². The van der Waals surface area contributed by atoms with E-state index in [2.05, 4.69) is 6.58 Å². The van der Waals surface area contributed by atoms with Gasteiger partial charge in [0.15, 0.2) is 9.84 Å². The highest BCUT2D eigenvalue weighted by molar-refractivity contribution is 7.94. The third-order valence-corrected chi connectivity index (χ3v) is 3.21. The van der Waals surface area contributed by atoms with Crippen molar-refractivity contribution in [2.24, 2.45) is 0 Å². The van der Waals surface area contributed by atoms with Crippen molar-refractivity contribution in [2.45, 2.75) is 4.90 Å². The van der Waals surface area contributed by atoms with E-state index in [9.17, 15) is 18.5 Å². The van der Waals surface area contributed by atoms with E-state index in [1.165, 1.54) is 24.3 Å². The molecular weight excluding hydrogens is 230 g/mol. The number of hydrogen-bond acceptors (Lipinski definition) is 4. The molecule has 0 aliphatic heterocycles. The molecule has 1 rings (SSSR count). The van der Waals surface area contributed by atoms with E-state index in [0.29, 0.717) is 0 Å². The van der Waals surface area contributed by atoms with Gasteiger partial charge in [0, 0.05) is 17.5 Å². The van der Waals surface area contributed by atoms with Crippen LogP contribution in [0.25, 0.3) is 0 Å². The molecule has 0 atom stereocenters. The van der Waals surface area contributed by atoms with Gasteiger partial charge in [-0.25, -0.2) is 8.42 Å². The highest BCUT2D eigenvalue weighted by Crippen LogP contribution is 2.17. The summed E-state index contributed by atoms with van der Waals surface area (Å²) in [6, 6.07) is 4.69. The van der Waals surface area contributed by atoms with Crippen molar-refractivity contribution in [1.82, 2.24) is 0 Å². The minimum Gasteiger partial charge on any atom is -0.258 e. The van der Waals surface area contributed by atoms with Crippen molar-refractivity contribution < 1.29 is 13.3 Å². The smallest absolute Gasteiger partial charge is 0.258 e. The lowest BCUT2D eigenvalue weighted by Crippen LogP contribution is -1.96. The molecule has 1 aromatic rings. The Balaban J connectivity index is 3.11. The number of allylic oxidation sites excluding steroid dienone is 2. The van der Waals surface area contributed by atoms with E-state index in [1.54, 1.807) is 0 Å². The van der Waals surface area contributed by atoms with E-state index in [0.717, 1.165) is 17.5 Å². The molecule has 5 nitrogen and oxygen atoms in total. The minimum absolute atomic E-state index is 0.0104. The van der Waals surface area contributed by atoms with Gasteiger partial charge in [-0.05, 0) is 12.1 Å². The van der Waals surface area contributed by atoms with Crippen LogP contribution in [0.1, 0.15) is 0 Å². The Morgan fingerprint density at radius 1 is 1.25 bits per heavy atom. The van der Waals surface area contributed by atoms with E-state index >= 15 is 0 Å². The molecule has 0 saturated carbocycles. The SMILES string of the molecule is C=CC=CS(=O)(=O)c1ccc([N+](=O)[O-])cc1. The Hall–Kier alpha value is -1.95. The highest BCUT2D eigenvalue weighted by Gasteiger charge is 2.12. The first kappa shape index (κ1) is 12.1. The highest BCUT2D eigenvalue weighted by atomic mass is 32.2. The molecule has 0 saturated heterocycles. The third-order valence-electron chi connectivity index (χ3n) is 1.77. The van der Waals surface area contributed by atoms with Crippen LogP contribution in [0.15, 0.2) is 53.3 Å². The van der Waals surface area contributed by atoms with Gasteiger partial charge in [-0.3, -0.25) is 10.1 Å². The van der Waals surface area contributed by atoms with Gasteiger partial charge >= 0.3 is 0 Å². The van der Waals surface area contributed by atoms with Gasteiger partial charge in [-0.2, -0.15) is 0 Å². The fraction of sp³-hybridized carbons (Fsp3) is 0. The lowest BCUT2D eigenvalue weighted by molar-refractivity contribution is -0.384. The number of nitrogens with zero attached hydrogens (tertiary/aromatic N) is 1. The van der Waals surface area contributed by atoms with Crippen molar-refractivity contribution in [3.8, 4) is 0 Å². The van der Waals surface area contributed by atoms with Crippen molar-refractivity contribution in [3.05, 3.63) is 58.5 Å². The second-order valence-electron chi connectivity index (χ2n) is 2.86. The van der Waals surface area contributed by atoms with Gasteiger partial charge in [0.1, 0.15) is 0 Å². The van der Waals surface area contributed by atoms with E-state index < -0.39 is 14.8 Å². The Morgan fingerprint density at radius 2 is 1.81 bits per heavy atom. The van der Waals surface area contributed by atoms with Crippen LogP contribution in [-0.4, -0.2) is 13.3 Å². The summed E-state index contributed by atoms with van der Waals surface area (Å²) in [5.74, 6) is 0. The van der Waals surface area contributed by atoms with Crippen molar-refractivity contribution in [3.63, 3.8) is 0 Å². The first-order valence-corrected chi connectivity index (χ1v) is 5.80.